The number of rotatable bonds is 3. The van der Waals surface area contributed by atoms with Gasteiger partial charge in [-0.3, -0.25) is 0 Å². The molecule has 0 spiro atoms. The maximum atomic E-state index is 2.50. The molecule has 172 valence electrons. The van der Waals surface area contributed by atoms with Crippen LogP contribution in [-0.4, -0.2) is 0 Å². The first-order valence-electron chi connectivity index (χ1n) is 12.1. The number of benzene rings is 2. The van der Waals surface area contributed by atoms with Gasteiger partial charge >= 0.3 is 0 Å². The largest absolute Gasteiger partial charge is 0.0582 e. The van der Waals surface area contributed by atoms with Gasteiger partial charge < -0.3 is 0 Å². The molecule has 2 aromatic carbocycles. The second kappa shape index (κ2) is 8.42. The van der Waals surface area contributed by atoms with Crippen molar-refractivity contribution < 1.29 is 0 Å². The second-order valence-electron chi connectivity index (χ2n) is 13.8. The van der Waals surface area contributed by atoms with Crippen LogP contribution in [0.4, 0.5) is 0 Å². The van der Waals surface area contributed by atoms with Crippen LogP contribution in [0.2, 0.25) is 0 Å². The molecule has 0 aromatic heterocycles. The lowest BCUT2D eigenvalue weighted by atomic mass is 9.74. The first-order chi connectivity index (χ1) is 13.8. The summed E-state index contributed by atoms with van der Waals surface area (Å²) < 4.78 is 0. The molecule has 0 bridgehead atoms. The summed E-state index contributed by atoms with van der Waals surface area (Å²) in [4.78, 5) is 0. The van der Waals surface area contributed by atoms with Crippen LogP contribution in [0.25, 0.3) is 0 Å². The van der Waals surface area contributed by atoms with Gasteiger partial charge in [0.1, 0.15) is 0 Å². The Hall–Kier alpha value is -1.56. The van der Waals surface area contributed by atoms with Crippen molar-refractivity contribution in [3.05, 3.63) is 69.8 Å². The van der Waals surface area contributed by atoms with Crippen LogP contribution in [0.15, 0.2) is 36.4 Å². The highest BCUT2D eigenvalue weighted by Crippen LogP contribution is 2.38. The quantitative estimate of drug-likeness (QED) is 0.464. The lowest BCUT2D eigenvalue weighted by Crippen LogP contribution is -2.21. The van der Waals surface area contributed by atoms with Crippen LogP contribution in [0.3, 0.4) is 0 Å². The first-order valence-corrected chi connectivity index (χ1v) is 12.1. The molecular formula is C31H48. The Morgan fingerprint density at radius 2 is 0.968 bits per heavy atom. The molecule has 31 heavy (non-hydrogen) atoms. The molecule has 0 nitrogen and oxygen atoms in total. The van der Waals surface area contributed by atoms with Crippen molar-refractivity contribution in [2.45, 2.75) is 124 Å². The van der Waals surface area contributed by atoms with Crippen LogP contribution in [-0.2, 0) is 28.1 Å². The maximum Gasteiger partial charge on any atom is -0.0129 e. The van der Waals surface area contributed by atoms with E-state index in [2.05, 4.69) is 126 Å². The van der Waals surface area contributed by atoms with E-state index in [-0.39, 0.29) is 21.7 Å². The van der Waals surface area contributed by atoms with Crippen LogP contribution in [0.1, 0.15) is 129 Å². The van der Waals surface area contributed by atoms with Crippen molar-refractivity contribution in [3.63, 3.8) is 0 Å². The average Bonchev–Trinajstić information content (AvgIpc) is 2.57. The van der Waals surface area contributed by atoms with Crippen LogP contribution >= 0.6 is 0 Å². The predicted octanol–water partition coefficient (Wildman–Crippen LogP) is 9.22. The Morgan fingerprint density at radius 1 is 0.548 bits per heavy atom. The zero-order chi connectivity index (χ0) is 24.0. The van der Waals surface area contributed by atoms with Gasteiger partial charge in [0.15, 0.2) is 0 Å². The third-order valence-corrected chi connectivity index (χ3v) is 6.56. The molecule has 0 saturated heterocycles. The summed E-state index contributed by atoms with van der Waals surface area (Å²) in [7, 11) is 0. The Bertz CT molecular complexity index is 899. The molecule has 0 saturated carbocycles. The molecule has 2 rings (SSSR count). The summed E-state index contributed by atoms with van der Waals surface area (Å²) in [5.41, 5.74) is 9.46. The van der Waals surface area contributed by atoms with Gasteiger partial charge in [-0.25, -0.2) is 0 Å². The summed E-state index contributed by atoms with van der Waals surface area (Å²) in [6.45, 7) is 30.4. The molecule has 0 amide bonds. The van der Waals surface area contributed by atoms with E-state index >= 15 is 0 Å². The first kappa shape index (κ1) is 25.7. The summed E-state index contributed by atoms with van der Waals surface area (Å²) in [6, 6.07) is 14.5. The van der Waals surface area contributed by atoms with Crippen LogP contribution in [0.5, 0.6) is 0 Å². The lowest BCUT2D eigenvalue weighted by molar-refractivity contribution is 0.552. The van der Waals surface area contributed by atoms with E-state index in [0.29, 0.717) is 5.92 Å². The SMILES string of the molecule is CC(Cc1cc(C(C)(C)C)ccc1C(C)(C)C)c1cc(C(C)(C)C)ccc1C(C)(C)C. The summed E-state index contributed by atoms with van der Waals surface area (Å²) in [5.74, 6) is 0.466. The summed E-state index contributed by atoms with van der Waals surface area (Å²) in [6.07, 6.45) is 1.08. The van der Waals surface area contributed by atoms with Gasteiger partial charge in [-0.05, 0) is 67.4 Å². The normalized spacial score (nSPS) is 14.6. The van der Waals surface area contributed by atoms with Crippen molar-refractivity contribution in [2.24, 2.45) is 0 Å². The highest BCUT2D eigenvalue weighted by Gasteiger charge is 2.26. The highest BCUT2D eigenvalue weighted by molar-refractivity contribution is 5.44. The van der Waals surface area contributed by atoms with Crippen molar-refractivity contribution >= 4 is 0 Å². The van der Waals surface area contributed by atoms with E-state index in [1.165, 1.54) is 33.4 Å². The highest BCUT2D eigenvalue weighted by atomic mass is 14.3. The van der Waals surface area contributed by atoms with Gasteiger partial charge in [0.2, 0.25) is 0 Å². The van der Waals surface area contributed by atoms with Crippen molar-refractivity contribution in [1.29, 1.82) is 0 Å². The molecule has 1 unspecified atom stereocenters. The molecule has 0 fully saturated rings. The lowest BCUT2D eigenvalue weighted by Gasteiger charge is -2.31. The number of hydrogen-bond acceptors (Lipinski definition) is 0. The second-order valence-corrected chi connectivity index (χ2v) is 13.8. The van der Waals surface area contributed by atoms with Gasteiger partial charge in [-0.2, -0.15) is 0 Å². The minimum atomic E-state index is 0.139. The van der Waals surface area contributed by atoms with E-state index < -0.39 is 0 Å². The summed E-state index contributed by atoms with van der Waals surface area (Å²) in [5, 5.41) is 0. The van der Waals surface area contributed by atoms with Gasteiger partial charge in [-0.15, -0.1) is 0 Å². The molecule has 0 radical (unpaired) electrons. The van der Waals surface area contributed by atoms with E-state index in [9.17, 15) is 0 Å². The Balaban J connectivity index is 2.62. The molecular weight excluding hydrogens is 372 g/mol. The Morgan fingerprint density at radius 3 is 1.39 bits per heavy atom. The Kier molecular flexibility index (Phi) is 6.98. The average molecular weight is 421 g/mol. The molecule has 0 heteroatoms. The Labute approximate surface area is 193 Å². The minimum Gasteiger partial charge on any atom is -0.0582 e. The van der Waals surface area contributed by atoms with E-state index in [1.54, 1.807) is 0 Å². The van der Waals surface area contributed by atoms with Crippen LogP contribution in [0, 0.1) is 0 Å². The van der Waals surface area contributed by atoms with Gasteiger partial charge in [0.25, 0.3) is 0 Å². The molecule has 0 N–H and O–H groups in total. The van der Waals surface area contributed by atoms with Gasteiger partial charge in [0.05, 0.1) is 0 Å². The molecule has 0 aliphatic carbocycles. The fourth-order valence-corrected chi connectivity index (χ4v) is 4.52. The van der Waals surface area contributed by atoms with Crippen molar-refractivity contribution in [3.8, 4) is 0 Å². The minimum absolute atomic E-state index is 0.139. The molecule has 0 heterocycles. The predicted molar refractivity (Wildman–Crippen MR) is 140 cm³/mol. The monoisotopic (exact) mass is 420 g/mol. The smallest absolute Gasteiger partial charge is 0.0129 e. The third kappa shape index (κ3) is 6.24. The summed E-state index contributed by atoms with van der Waals surface area (Å²) >= 11 is 0. The van der Waals surface area contributed by atoms with Gasteiger partial charge in [0, 0.05) is 0 Å². The molecule has 0 aliphatic heterocycles. The topological polar surface area (TPSA) is 0 Å². The zero-order valence-corrected chi connectivity index (χ0v) is 22.7. The molecule has 0 aliphatic rings. The molecule has 2 aromatic rings. The number of hydrogen-bond donors (Lipinski definition) is 0. The van der Waals surface area contributed by atoms with E-state index in [0.717, 1.165) is 6.42 Å². The third-order valence-electron chi connectivity index (χ3n) is 6.56. The fraction of sp³-hybridized carbons (Fsp3) is 0.613. The van der Waals surface area contributed by atoms with Crippen molar-refractivity contribution in [1.82, 2.24) is 0 Å². The van der Waals surface area contributed by atoms with E-state index in [1.807, 2.05) is 0 Å². The zero-order valence-electron chi connectivity index (χ0n) is 22.7. The van der Waals surface area contributed by atoms with Crippen LogP contribution < -0.4 is 0 Å². The maximum absolute atomic E-state index is 2.50. The van der Waals surface area contributed by atoms with Gasteiger partial charge in [-0.1, -0.05) is 126 Å². The molecule has 1 atom stereocenters. The van der Waals surface area contributed by atoms with Crippen molar-refractivity contribution in [2.75, 3.05) is 0 Å². The van der Waals surface area contributed by atoms with E-state index in [4.69, 9.17) is 0 Å². The fourth-order valence-electron chi connectivity index (χ4n) is 4.52. The standard InChI is InChI=1S/C31H48/c1-21(25-20-24(29(5,6)7)15-17-27(25)31(11,12)13)18-22-19-23(28(2,3)4)14-16-26(22)30(8,9)10/h14-17,19-21H,18H2,1-13H3.